The Morgan fingerprint density at radius 2 is 2.21 bits per heavy atom. The van der Waals surface area contributed by atoms with Crippen molar-refractivity contribution in [3.8, 4) is 6.07 Å². The maximum Gasteiger partial charge on any atom is 0.287 e. The van der Waals surface area contributed by atoms with Crippen molar-refractivity contribution in [3.05, 3.63) is 33.9 Å². The van der Waals surface area contributed by atoms with E-state index >= 15 is 0 Å². The van der Waals surface area contributed by atoms with Gasteiger partial charge in [-0.05, 0) is 18.6 Å². The Balaban J connectivity index is 3.04. The molecule has 102 valence electrons. The topological polar surface area (TPSA) is 79.4 Å². The third kappa shape index (κ3) is 3.93. The fraction of sp³-hybridized carbons (Fsp3) is 0.462. The summed E-state index contributed by atoms with van der Waals surface area (Å²) in [7, 11) is 1.63. The summed E-state index contributed by atoms with van der Waals surface area (Å²) in [6, 6.07) is 6.48. The fourth-order valence-electron chi connectivity index (χ4n) is 1.81. The molecule has 0 saturated heterocycles. The van der Waals surface area contributed by atoms with Gasteiger partial charge in [0.15, 0.2) is 0 Å². The zero-order valence-corrected chi connectivity index (χ0v) is 11.1. The van der Waals surface area contributed by atoms with Gasteiger partial charge in [-0.15, -0.1) is 0 Å². The molecule has 6 heteroatoms. The van der Waals surface area contributed by atoms with Crippen molar-refractivity contribution in [3.63, 3.8) is 0 Å². The molecule has 0 aliphatic rings. The molecule has 1 rings (SSSR count). The molecular weight excluding hydrogens is 246 g/mol. The number of benzene rings is 1. The van der Waals surface area contributed by atoms with E-state index in [1.165, 1.54) is 6.07 Å². The molecule has 0 bridgehead atoms. The van der Waals surface area contributed by atoms with E-state index in [0.717, 1.165) is 18.7 Å². The zero-order valence-electron chi connectivity index (χ0n) is 11.1. The van der Waals surface area contributed by atoms with Crippen molar-refractivity contribution in [2.24, 2.45) is 0 Å². The first-order valence-corrected chi connectivity index (χ1v) is 6.06. The molecule has 0 aliphatic carbocycles. The van der Waals surface area contributed by atoms with E-state index in [2.05, 4.69) is 6.92 Å². The average Bonchev–Trinajstić information content (AvgIpc) is 2.42. The van der Waals surface area contributed by atoms with Crippen LogP contribution in [-0.2, 0) is 4.74 Å². The molecule has 0 heterocycles. The van der Waals surface area contributed by atoms with Gasteiger partial charge in [0.25, 0.3) is 5.69 Å². The number of ether oxygens (including phenoxy) is 1. The molecule has 0 spiro atoms. The molecule has 0 aromatic heterocycles. The van der Waals surface area contributed by atoms with Gasteiger partial charge in [-0.2, -0.15) is 5.26 Å². The number of nitrogens with zero attached hydrogens (tertiary/aromatic N) is 3. The summed E-state index contributed by atoms with van der Waals surface area (Å²) in [5, 5.41) is 19.8. The summed E-state index contributed by atoms with van der Waals surface area (Å²) in [6.45, 7) is 4.12. The Hall–Kier alpha value is -2.13. The number of rotatable bonds is 7. The highest BCUT2D eigenvalue weighted by Crippen LogP contribution is 2.24. The Morgan fingerprint density at radius 3 is 2.74 bits per heavy atom. The lowest BCUT2D eigenvalue weighted by atomic mass is 10.1. The van der Waals surface area contributed by atoms with Gasteiger partial charge in [-0.25, -0.2) is 0 Å². The first kappa shape index (κ1) is 14.9. The lowest BCUT2D eigenvalue weighted by molar-refractivity contribution is -0.385. The van der Waals surface area contributed by atoms with Gasteiger partial charge in [0, 0.05) is 32.0 Å². The van der Waals surface area contributed by atoms with Crippen LogP contribution in [0.2, 0.25) is 0 Å². The monoisotopic (exact) mass is 263 g/mol. The minimum Gasteiger partial charge on any atom is -0.383 e. The minimum absolute atomic E-state index is 0.0843. The zero-order chi connectivity index (χ0) is 14.3. The first-order chi connectivity index (χ1) is 9.13. The van der Waals surface area contributed by atoms with Gasteiger partial charge >= 0.3 is 0 Å². The van der Waals surface area contributed by atoms with Crippen molar-refractivity contribution >= 4 is 11.4 Å². The Bertz CT molecular complexity index is 483. The normalized spacial score (nSPS) is 9.95. The molecule has 0 unspecified atom stereocenters. The largest absolute Gasteiger partial charge is 0.383 e. The second kappa shape index (κ2) is 7.34. The number of nitro groups is 1. The van der Waals surface area contributed by atoms with Crippen LogP contribution in [0.1, 0.15) is 18.9 Å². The number of hydrogen-bond acceptors (Lipinski definition) is 5. The smallest absolute Gasteiger partial charge is 0.287 e. The van der Waals surface area contributed by atoms with Gasteiger partial charge in [-0.1, -0.05) is 6.92 Å². The molecule has 0 fully saturated rings. The van der Waals surface area contributed by atoms with Crippen LogP contribution in [0.25, 0.3) is 0 Å². The molecule has 6 nitrogen and oxygen atoms in total. The van der Waals surface area contributed by atoms with Crippen molar-refractivity contribution in [2.75, 3.05) is 31.7 Å². The lowest BCUT2D eigenvalue weighted by Gasteiger charge is -2.24. The SMILES string of the molecule is CCCN(CCOC)c1ccc([N+](=O)[O-])c(C#N)c1. The van der Waals surface area contributed by atoms with Crippen molar-refractivity contribution in [1.82, 2.24) is 0 Å². The number of nitro benzene ring substituents is 1. The van der Waals surface area contributed by atoms with E-state index in [1.807, 2.05) is 11.0 Å². The Labute approximate surface area is 112 Å². The summed E-state index contributed by atoms with van der Waals surface area (Å²) >= 11 is 0. The van der Waals surface area contributed by atoms with Crippen LogP contribution in [0.3, 0.4) is 0 Å². The van der Waals surface area contributed by atoms with Gasteiger partial charge in [0.05, 0.1) is 11.5 Å². The van der Waals surface area contributed by atoms with Crippen LogP contribution < -0.4 is 4.90 Å². The van der Waals surface area contributed by atoms with E-state index in [-0.39, 0.29) is 11.3 Å². The van der Waals surface area contributed by atoms with E-state index < -0.39 is 4.92 Å². The summed E-state index contributed by atoms with van der Waals surface area (Å²) in [5.41, 5.74) is 0.733. The standard InChI is InChI=1S/C13H17N3O3/c1-3-6-15(7-8-19-2)12-4-5-13(16(17)18)11(9-12)10-14/h4-5,9H,3,6-8H2,1-2H3. The maximum atomic E-state index is 10.8. The van der Waals surface area contributed by atoms with Gasteiger partial charge in [0.1, 0.15) is 11.6 Å². The molecule has 0 saturated carbocycles. The van der Waals surface area contributed by atoms with Crippen LogP contribution >= 0.6 is 0 Å². The van der Waals surface area contributed by atoms with Gasteiger partial charge < -0.3 is 9.64 Å². The summed E-state index contributed by atoms with van der Waals surface area (Å²) in [4.78, 5) is 12.3. The van der Waals surface area contributed by atoms with Crippen LogP contribution in [0, 0.1) is 21.4 Å². The number of nitriles is 1. The number of methoxy groups -OCH3 is 1. The molecule has 0 amide bonds. The third-order valence-corrected chi connectivity index (χ3v) is 2.72. The number of hydrogen-bond donors (Lipinski definition) is 0. The Morgan fingerprint density at radius 1 is 1.47 bits per heavy atom. The molecule has 19 heavy (non-hydrogen) atoms. The highest BCUT2D eigenvalue weighted by Gasteiger charge is 2.16. The predicted molar refractivity (Wildman–Crippen MR) is 72.2 cm³/mol. The van der Waals surface area contributed by atoms with Crippen LogP contribution in [-0.4, -0.2) is 31.7 Å². The van der Waals surface area contributed by atoms with Gasteiger partial charge in [0.2, 0.25) is 0 Å². The third-order valence-electron chi connectivity index (χ3n) is 2.72. The molecule has 1 aromatic carbocycles. The van der Waals surface area contributed by atoms with Crippen molar-refractivity contribution in [2.45, 2.75) is 13.3 Å². The summed E-state index contributed by atoms with van der Waals surface area (Å²) < 4.78 is 5.04. The van der Waals surface area contributed by atoms with Crippen LogP contribution in [0.4, 0.5) is 11.4 Å². The van der Waals surface area contributed by atoms with E-state index in [9.17, 15) is 10.1 Å². The maximum absolute atomic E-state index is 10.8. The van der Waals surface area contributed by atoms with Crippen molar-refractivity contribution < 1.29 is 9.66 Å². The first-order valence-electron chi connectivity index (χ1n) is 6.06. The molecule has 1 aromatic rings. The van der Waals surface area contributed by atoms with Crippen LogP contribution in [0.15, 0.2) is 18.2 Å². The van der Waals surface area contributed by atoms with Crippen molar-refractivity contribution in [1.29, 1.82) is 5.26 Å². The summed E-state index contributed by atoms with van der Waals surface area (Å²) in [6.07, 6.45) is 0.947. The average molecular weight is 263 g/mol. The quantitative estimate of drug-likeness (QED) is 0.557. The Kier molecular flexibility index (Phi) is 5.76. The second-order valence-electron chi connectivity index (χ2n) is 4.05. The highest BCUT2D eigenvalue weighted by molar-refractivity contribution is 5.59. The minimum atomic E-state index is -0.540. The summed E-state index contributed by atoms with van der Waals surface area (Å²) in [5.74, 6) is 0. The lowest BCUT2D eigenvalue weighted by Crippen LogP contribution is -2.28. The fourth-order valence-corrected chi connectivity index (χ4v) is 1.81. The molecule has 0 atom stereocenters. The predicted octanol–water partition coefficient (Wildman–Crippen LogP) is 2.33. The van der Waals surface area contributed by atoms with E-state index in [4.69, 9.17) is 10.00 Å². The van der Waals surface area contributed by atoms with E-state index in [0.29, 0.717) is 13.2 Å². The molecule has 0 aliphatic heterocycles. The molecule has 0 radical (unpaired) electrons. The molecular formula is C13H17N3O3. The number of anilines is 1. The molecule has 0 N–H and O–H groups in total. The van der Waals surface area contributed by atoms with Gasteiger partial charge in [-0.3, -0.25) is 10.1 Å². The van der Waals surface area contributed by atoms with Crippen LogP contribution in [0.5, 0.6) is 0 Å². The second-order valence-corrected chi connectivity index (χ2v) is 4.05. The highest BCUT2D eigenvalue weighted by atomic mass is 16.6. The van der Waals surface area contributed by atoms with E-state index in [1.54, 1.807) is 19.2 Å².